The van der Waals surface area contributed by atoms with Gasteiger partial charge >= 0.3 is 6.01 Å². The molecule has 2 aromatic rings. The number of aromatic nitrogens is 3. The predicted molar refractivity (Wildman–Crippen MR) is 73.9 cm³/mol. The van der Waals surface area contributed by atoms with Gasteiger partial charge in [0.05, 0.1) is 6.61 Å². The van der Waals surface area contributed by atoms with Gasteiger partial charge in [0.2, 0.25) is 11.9 Å². The van der Waals surface area contributed by atoms with Crippen LogP contribution >= 0.6 is 0 Å². The number of nitrogens with one attached hydrogen (secondary N) is 1. The smallest absolute Gasteiger partial charge is 0.323 e. The maximum absolute atomic E-state index is 5.60. The highest BCUT2D eigenvalue weighted by molar-refractivity contribution is 5.34. The molecule has 0 aliphatic heterocycles. The third-order valence-electron chi connectivity index (χ3n) is 2.44. The number of aryl methyl sites for hydroxylation is 1. The summed E-state index contributed by atoms with van der Waals surface area (Å²) in [6.07, 6.45) is 0. The molecule has 0 radical (unpaired) electrons. The zero-order chi connectivity index (χ0) is 13.7. The van der Waals surface area contributed by atoms with Gasteiger partial charge in [-0.05, 0) is 19.4 Å². The van der Waals surface area contributed by atoms with Gasteiger partial charge in [0.25, 0.3) is 0 Å². The van der Waals surface area contributed by atoms with Gasteiger partial charge in [0.1, 0.15) is 0 Å². The molecule has 1 heterocycles. The number of nitrogen functional groups attached to an aromatic ring is 1. The van der Waals surface area contributed by atoms with Crippen LogP contribution in [0.15, 0.2) is 24.3 Å². The number of rotatable bonds is 5. The summed E-state index contributed by atoms with van der Waals surface area (Å²) in [5.74, 6) is 0.558. The Hall–Kier alpha value is -2.37. The van der Waals surface area contributed by atoms with Gasteiger partial charge in [-0.3, -0.25) is 0 Å². The van der Waals surface area contributed by atoms with Crippen molar-refractivity contribution in [2.75, 3.05) is 17.7 Å². The Balaban J connectivity index is 2.06. The molecular weight excluding hydrogens is 242 g/mol. The summed E-state index contributed by atoms with van der Waals surface area (Å²) in [6.45, 7) is 5.02. The first-order valence-corrected chi connectivity index (χ1v) is 6.11. The fraction of sp³-hybridized carbons (Fsp3) is 0.308. The van der Waals surface area contributed by atoms with Crippen LogP contribution in [0.4, 0.5) is 11.9 Å². The average Bonchev–Trinajstić information content (AvgIpc) is 2.36. The summed E-state index contributed by atoms with van der Waals surface area (Å²) >= 11 is 0. The van der Waals surface area contributed by atoms with E-state index in [-0.39, 0.29) is 12.0 Å². The highest BCUT2D eigenvalue weighted by Gasteiger charge is 2.04. The second-order valence-electron chi connectivity index (χ2n) is 4.08. The molecule has 0 aliphatic carbocycles. The number of ether oxygens (including phenoxy) is 1. The Labute approximate surface area is 112 Å². The minimum Gasteiger partial charge on any atom is -0.464 e. The van der Waals surface area contributed by atoms with Gasteiger partial charge in [-0.15, -0.1) is 0 Å². The fourth-order valence-electron chi connectivity index (χ4n) is 1.65. The second kappa shape index (κ2) is 5.99. The molecule has 0 spiro atoms. The minimum absolute atomic E-state index is 0.144. The maximum atomic E-state index is 5.60. The zero-order valence-electron chi connectivity index (χ0n) is 11.1. The van der Waals surface area contributed by atoms with Gasteiger partial charge in [-0.2, -0.15) is 15.0 Å². The predicted octanol–water partition coefficient (Wildman–Crippen LogP) is 1.77. The molecule has 0 saturated heterocycles. The van der Waals surface area contributed by atoms with E-state index in [1.165, 1.54) is 5.56 Å². The van der Waals surface area contributed by atoms with Crippen LogP contribution in [0.5, 0.6) is 6.01 Å². The van der Waals surface area contributed by atoms with E-state index in [0.717, 1.165) is 5.56 Å². The van der Waals surface area contributed by atoms with Crippen LogP contribution in [0.1, 0.15) is 18.1 Å². The average molecular weight is 259 g/mol. The molecule has 0 bridgehead atoms. The van der Waals surface area contributed by atoms with E-state index in [2.05, 4.69) is 39.3 Å². The molecule has 0 aliphatic rings. The molecule has 0 amide bonds. The quantitative estimate of drug-likeness (QED) is 0.851. The lowest BCUT2D eigenvalue weighted by molar-refractivity contribution is 0.312. The van der Waals surface area contributed by atoms with Crippen molar-refractivity contribution in [2.45, 2.75) is 20.4 Å². The SMILES string of the molecule is CCOc1nc(N)nc(NCc2cccc(C)c2)n1. The van der Waals surface area contributed by atoms with E-state index in [1.54, 1.807) is 0 Å². The largest absolute Gasteiger partial charge is 0.464 e. The van der Waals surface area contributed by atoms with E-state index >= 15 is 0 Å². The Morgan fingerprint density at radius 1 is 1.26 bits per heavy atom. The van der Waals surface area contributed by atoms with Gasteiger partial charge in [-0.1, -0.05) is 29.8 Å². The number of hydrogen-bond donors (Lipinski definition) is 2. The van der Waals surface area contributed by atoms with E-state index in [4.69, 9.17) is 10.5 Å². The lowest BCUT2D eigenvalue weighted by Gasteiger charge is -2.07. The van der Waals surface area contributed by atoms with Crippen molar-refractivity contribution in [3.05, 3.63) is 35.4 Å². The molecule has 3 N–H and O–H groups in total. The van der Waals surface area contributed by atoms with Crippen LogP contribution in [0.25, 0.3) is 0 Å². The Morgan fingerprint density at radius 2 is 2.11 bits per heavy atom. The molecule has 2 rings (SSSR count). The minimum atomic E-state index is 0.144. The van der Waals surface area contributed by atoms with Gasteiger partial charge in [0.15, 0.2) is 0 Å². The molecule has 6 nitrogen and oxygen atoms in total. The topological polar surface area (TPSA) is 86.0 Å². The Kier molecular flexibility index (Phi) is 4.12. The van der Waals surface area contributed by atoms with Crippen molar-refractivity contribution in [1.82, 2.24) is 15.0 Å². The summed E-state index contributed by atoms with van der Waals surface area (Å²) in [4.78, 5) is 12.0. The van der Waals surface area contributed by atoms with Crippen LogP contribution in [-0.2, 0) is 6.54 Å². The van der Waals surface area contributed by atoms with Gasteiger partial charge < -0.3 is 15.8 Å². The van der Waals surface area contributed by atoms with Crippen molar-refractivity contribution in [3.8, 4) is 6.01 Å². The third-order valence-corrected chi connectivity index (χ3v) is 2.44. The van der Waals surface area contributed by atoms with Gasteiger partial charge in [-0.25, -0.2) is 0 Å². The summed E-state index contributed by atoms with van der Waals surface area (Å²) in [5.41, 5.74) is 7.96. The van der Waals surface area contributed by atoms with Gasteiger partial charge in [0, 0.05) is 6.54 Å². The summed E-state index contributed by atoms with van der Waals surface area (Å²) in [5, 5.41) is 3.11. The lowest BCUT2D eigenvalue weighted by atomic mass is 10.1. The molecule has 1 aromatic carbocycles. The molecule has 1 aromatic heterocycles. The number of benzene rings is 1. The Morgan fingerprint density at radius 3 is 2.84 bits per heavy atom. The molecule has 0 atom stereocenters. The van der Waals surface area contributed by atoms with Crippen LogP contribution < -0.4 is 15.8 Å². The highest BCUT2D eigenvalue weighted by atomic mass is 16.5. The van der Waals surface area contributed by atoms with E-state index < -0.39 is 0 Å². The van der Waals surface area contributed by atoms with Crippen molar-refractivity contribution in [1.29, 1.82) is 0 Å². The Bertz CT molecular complexity index is 558. The first-order valence-electron chi connectivity index (χ1n) is 6.11. The normalized spacial score (nSPS) is 10.2. The van der Waals surface area contributed by atoms with Crippen LogP contribution in [0, 0.1) is 6.92 Å². The third kappa shape index (κ3) is 3.80. The van der Waals surface area contributed by atoms with E-state index in [0.29, 0.717) is 19.1 Å². The van der Waals surface area contributed by atoms with Crippen molar-refractivity contribution in [2.24, 2.45) is 0 Å². The standard InChI is InChI=1S/C13H17N5O/c1-3-19-13-17-11(14)16-12(18-13)15-8-10-6-4-5-9(2)7-10/h4-7H,3,8H2,1-2H3,(H3,14,15,16,17,18). The molecule has 0 unspecified atom stereocenters. The zero-order valence-corrected chi connectivity index (χ0v) is 11.1. The van der Waals surface area contributed by atoms with Crippen molar-refractivity contribution in [3.63, 3.8) is 0 Å². The molecule has 0 fully saturated rings. The van der Waals surface area contributed by atoms with Crippen molar-refractivity contribution >= 4 is 11.9 Å². The van der Waals surface area contributed by atoms with E-state index in [1.807, 2.05) is 19.1 Å². The molecule has 19 heavy (non-hydrogen) atoms. The first-order chi connectivity index (χ1) is 9.17. The van der Waals surface area contributed by atoms with Crippen molar-refractivity contribution < 1.29 is 4.74 Å². The van der Waals surface area contributed by atoms with Crippen LogP contribution in [-0.4, -0.2) is 21.6 Å². The first kappa shape index (κ1) is 13.1. The summed E-state index contributed by atoms with van der Waals surface area (Å²) in [7, 11) is 0. The fourth-order valence-corrected chi connectivity index (χ4v) is 1.65. The summed E-state index contributed by atoms with van der Waals surface area (Å²) < 4.78 is 5.22. The van der Waals surface area contributed by atoms with Crippen LogP contribution in [0.3, 0.4) is 0 Å². The molecule has 100 valence electrons. The molecular formula is C13H17N5O. The monoisotopic (exact) mass is 259 g/mol. The summed E-state index contributed by atoms with van der Waals surface area (Å²) in [6, 6.07) is 8.44. The van der Waals surface area contributed by atoms with E-state index in [9.17, 15) is 0 Å². The second-order valence-corrected chi connectivity index (χ2v) is 4.08. The maximum Gasteiger partial charge on any atom is 0.323 e. The number of anilines is 2. The number of hydrogen-bond acceptors (Lipinski definition) is 6. The highest BCUT2D eigenvalue weighted by Crippen LogP contribution is 2.11. The number of nitrogens with two attached hydrogens (primary N) is 1. The van der Waals surface area contributed by atoms with Crippen LogP contribution in [0.2, 0.25) is 0 Å². The number of nitrogens with zero attached hydrogens (tertiary/aromatic N) is 3. The lowest BCUT2D eigenvalue weighted by Crippen LogP contribution is -2.09. The molecule has 0 saturated carbocycles. The molecule has 6 heteroatoms.